The molecular formula is C17H25N5O3. The number of primary amides is 1. The summed E-state index contributed by atoms with van der Waals surface area (Å²) in [6.45, 7) is 4.46. The van der Waals surface area contributed by atoms with Gasteiger partial charge in [-0.15, -0.1) is 0 Å². The number of nitrogens with two attached hydrogens (primary N) is 1. The van der Waals surface area contributed by atoms with E-state index < -0.39 is 10.8 Å². The Morgan fingerprint density at radius 3 is 2.52 bits per heavy atom. The number of pyridine rings is 1. The number of anilines is 1. The Balaban J connectivity index is 1.64. The van der Waals surface area contributed by atoms with Crippen molar-refractivity contribution in [1.29, 1.82) is 0 Å². The van der Waals surface area contributed by atoms with Gasteiger partial charge in [-0.05, 0) is 18.8 Å². The highest BCUT2D eigenvalue weighted by molar-refractivity contribution is 5.98. The maximum atomic E-state index is 11.7. The zero-order valence-corrected chi connectivity index (χ0v) is 14.4. The fourth-order valence-electron chi connectivity index (χ4n) is 3.86. The van der Waals surface area contributed by atoms with Crippen molar-refractivity contribution in [3.05, 3.63) is 27.9 Å². The minimum atomic E-state index is -0.684. The van der Waals surface area contributed by atoms with E-state index in [0.717, 1.165) is 38.6 Å². The zero-order valence-electron chi connectivity index (χ0n) is 14.4. The minimum absolute atomic E-state index is 0.120. The summed E-state index contributed by atoms with van der Waals surface area (Å²) in [4.78, 5) is 30.6. The van der Waals surface area contributed by atoms with Gasteiger partial charge < -0.3 is 10.6 Å². The number of nitrogens with zero attached hydrogens (tertiary/aromatic N) is 4. The smallest absolute Gasteiger partial charge is 0.288 e. The summed E-state index contributed by atoms with van der Waals surface area (Å²) in [6.07, 6.45) is 7.91. The van der Waals surface area contributed by atoms with Crippen molar-refractivity contribution in [2.45, 2.75) is 32.1 Å². The number of carbonyl (C=O) groups excluding carboxylic acids is 1. The van der Waals surface area contributed by atoms with E-state index in [1.807, 2.05) is 4.90 Å². The molecule has 8 heteroatoms. The molecule has 2 fully saturated rings. The first-order valence-electron chi connectivity index (χ1n) is 8.96. The Morgan fingerprint density at radius 1 is 1.24 bits per heavy atom. The summed E-state index contributed by atoms with van der Waals surface area (Å²) < 4.78 is 0. The molecule has 25 heavy (non-hydrogen) atoms. The molecular weight excluding hydrogens is 322 g/mol. The van der Waals surface area contributed by atoms with E-state index in [0.29, 0.717) is 5.82 Å². The van der Waals surface area contributed by atoms with Gasteiger partial charge in [-0.3, -0.25) is 19.8 Å². The Hall–Kier alpha value is -2.22. The van der Waals surface area contributed by atoms with Gasteiger partial charge in [-0.2, -0.15) is 0 Å². The molecule has 0 spiro atoms. The first kappa shape index (κ1) is 17.6. The first-order chi connectivity index (χ1) is 12.0. The maximum absolute atomic E-state index is 11.7. The van der Waals surface area contributed by atoms with Crippen LogP contribution in [0.5, 0.6) is 0 Å². The topological polar surface area (TPSA) is 106 Å². The van der Waals surface area contributed by atoms with Gasteiger partial charge in [0.15, 0.2) is 0 Å². The molecule has 0 radical (unpaired) electrons. The lowest BCUT2D eigenvalue weighted by molar-refractivity contribution is -0.385. The fraction of sp³-hybridized carbons (Fsp3) is 0.647. The summed E-state index contributed by atoms with van der Waals surface area (Å²) in [6, 6.07) is 1.22. The van der Waals surface area contributed by atoms with Crippen molar-refractivity contribution in [1.82, 2.24) is 9.88 Å². The van der Waals surface area contributed by atoms with Crippen LogP contribution in [0, 0.1) is 16.0 Å². The maximum Gasteiger partial charge on any atom is 0.288 e. The monoisotopic (exact) mass is 347 g/mol. The van der Waals surface area contributed by atoms with Gasteiger partial charge in [0.1, 0.15) is 12.0 Å². The highest BCUT2D eigenvalue weighted by atomic mass is 16.6. The van der Waals surface area contributed by atoms with Crippen LogP contribution in [-0.2, 0) is 0 Å². The third-order valence-electron chi connectivity index (χ3n) is 5.24. The number of piperazine rings is 1. The van der Waals surface area contributed by atoms with Crippen LogP contribution in [0.25, 0.3) is 0 Å². The van der Waals surface area contributed by atoms with Crippen molar-refractivity contribution in [2.75, 3.05) is 37.6 Å². The molecule has 2 N–H and O–H groups in total. The number of rotatable bonds is 5. The summed E-state index contributed by atoms with van der Waals surface area (Å²) in [5, 5.41) is 10.9. The lowest BCUT2D eigenvalue weighted by Crippen LogP contribution is -2.48. The van der Waals surface area contributed by atoms with Crippen LogP contribution in [0.2, 0.25) is 0 Å². The standard InChI is InChI=1S/C17H25N5O3/c18-16(23)15-10-14(22(24)25)11-19-17(15)21-8-6-20(7-9-21)12-13-4-2-1-3-5-13/h10-11,13H,1-9,12H2,(H2,18,23). The Bertz CT molecular complexity index is 637. The highest BCUT2D eigenvalue weighted by Gasteiger charge is 2.25. The van der Waals surface area contributed by atoms with Crippen molar-refractivity contribution < 1.29 is 9.72 Å². The summed E-state index contributed by atoms with van der Waals surface area (Å²) in [5.41, 5.74) is 5.31. The predicted molar refractivity (Wildman–Crippen MR) is 94.6 cm³/mol. The Kier molecular flexibility index (Phi) is 5.47. The summed E-state index contributed by atoms with van der Waals surface area (Å²) in [5.74, 6) is 0.574. The molecule has 1 aliphatic carbocycles. The molecule has 1 aliphatic heterocycles. The van der Waals surface area contributed by atoms with Crippen molar-refractivity contribution in [2.24, 2.45) is 11.7 Å². The second-order valence-electron chi connectivity index (χ2n) is 6.98. The number of amides is 1. The summed E-state index contributed by atoms with van der Waals surface area (Å²) >= 11 is 0. The Labute approximate surface area is 147 Å². The molecule has 136 valence electrons. The lowest BCUT2D eigenvalue weighted by Gasteiger charge is -2.38. The molecule has 8 nitrogen and oxygen atoms in total. The fourth-order valence-corrected chi connectivity index (χ4v) is 3.86. The number of hydrogen-bond donors (Lipinski definition) is 1. The van der Waals surface area contributed by atoms with Crippen LogP contribution in [-0.4, -0.2) is 53.4 Å². The summed E-state index contributed by atoms with van der Waals surface area (Å²) in [7, 11) is 0. The van der Waals surface area contributed by atoms with E-state index in [1.54, 1.807) is 0 Å². The molecule has 0 bridgehead atoms. The largest absolute Gasteiger partial charge is 0.365 e. The van der Waals surface area contributed by atoms with Gasteiger partial charge in [0.25, 0.3) is 11.6 Å². The van der Waals surface area contributed by atoms with Crippen molar-refractivity contribution >= 4 is 17.4 Å². The van der Waals surface area contributed by atoms with Gasteiger partial charge >= 0.3 is 0 Å². The molecule has 1 saturated carbocycles. The zero-order chi connectivity index (χ0) is 17.8. The molecule has 0 unspecified atom stereocenters. The second kappa shape index (κ2) is 7.77. The molecule has 3 rings (SSSR count). The number of carbonyl (C=O) groups is 1. The molecule has 1 aromatic heterocycles. The van der Waals surface area contributed by atoms with Crippen molar-refractivity contribution in [3.8, 4) is 0 Å². The second-order valence-corrected chi connectivity index (χ2v) is 6.98. The van der Waals surface area contributed by atoms with E-state index >= 15 is 0 Å². The van der Waals surface area contributed by atoms with Crippen LogP contribution in [0.15, 0.2) is 12.3 Å². The van der Waals surface area contributed by atoms with E-state index in [-0.39, 0.29) is 11.3 Å². The predicted octanol–water partition coefficient (Wildman–Crippen LogP) is 1.79. The number of nitro groups is 1. The molecule has 0 aromatic carbocycles. The van der Waals surface area contributed by atoms with Crippen LogP contribution < -0.4 is 10.6 Å². The van der Waals surface area contributed by atoms with E-state index in [1.165, 1.54) is 44.4 Å². The molecule has 0 atom stereocenters. The molecule has 1 saturated heterocycles. The highest BCUT2D eigenvalue weighted by Crippen LogP contribution is 2.26. The first-order valence-corrected chi connectivity index (χ1v) is 8.96. The number of aromatic nitrogens is 1. The van der Waals surface area contributed by atoms with E-state index in [2.05, 4.69) is 9.88 Å². The van der Waals surface area contributed by atoms with Gasteiger partial charge in [-0.25, -0.2) is 4.98 Å². The van der Waals surface area contributed by atoms with Gasteiger partial charge in [0.2, 0.25) is 0 Å². The van der Waals surface area contributed by atoms with Crippen LogP contribution >= 0.6 is 0 Å². The molecule has 2 heterocycles. The van der Waals surface area contributed by atoms with Gasteiger partial charge in [-0.1, -0.05) is 19.3 Å². The normalized spacial score (nSPS) is 19.8. The van der Waals surface area contributed by atoms with E-state index in [4.69, 9.17) is 5.73 Å². The van der Waals surface area contributed by atoms with Crippen molar-refractivity contribution in [3.63, 3.8) is 0 Å². The third-order valence-corrected chi connectivity index (χ3v) is 5.24. The SMILES string of the molecule is NC(=O)c1cc([N+](=O)[O-])cnc1N1CCN(CC2CCCCC2)CC1. The molecule has 2 aliphatic rings. The van der Waals surface area contributed by atoms with E-state index in [9.17, 15) is 14.9 Å². The third kappa shape index (κ3) is 4.25. The van der Waals surface area contributed by atoms with Crippen LogP contribution in [0.1, 0.15) is 42.5 Å². The lowest BCUT2D eigenvalue weighted by atomic mass is 9.89. The van der Waals surface area contributed by atoms with Gasteiger partial charge in [0, 0.05) is 38.8 Å². The average molecular weight is 347 g/mol. The average Bonchev–Trinajstić information content (AvgIpc) is 2.62. The molecule has 1 aromatic rings. The Morgan fingerprint density at radius 2 is 1.92 bits per heavy atom. The quantitative estimate of drug-likeness (QED) is 0.643. The molecule has 1 amide bonds. The van der Waals surface area contributed by atoms with Crippen LogP contribution in [0.4, 0.5) is 11.5 Å². The minimum Gasteiger partial charge on any atom is -0.365 e. The van der Waals surface area contributed by atoms with Crippen LogP contribution in [0.3, 0.4) is 0 Å². The van der Waals surface area contributed by atoms with Gasteiger partial charge in [0.05, 0.1) is 10.5 Å². The number of hydrogen-bond acceptors (Lipinski definition) is 6.